The molecule has 0 bridgehead atoms. The van der Waals surface area contributed by atoms with Gasteiger partial charge in [0, 0.05) is 16.7 Å². The summed E-state index contributed by atoms with van der Waals surface area (Å²) in [5.74, 6) is 1.32. The maximum absolute atomic E-state index is 11.8. The molecule has 5 heteroatoms. The topological polar surface area (TPSA) is 51.5 Å². The molecule has 0 amide bonds. The van der Waals surface area contributed by atoms with Crippen molar-refractivity contribution in [3.05, 3.63) is 18.1 Å². The van der Waals surface area contributed by atoms with Gasteiger partial charge in [-0.3, -0.25) is 4.79 Å². The van der Waals surface area contributed by atoms with E-state index in [1.165, 1.54) is 0 Å². The molecule has 0 aromatic carbocycles. The number of nitrogens with one attached hydrogen (secondary N) is 1. The Morgan fingerprint density at radius 1 is 1.56 bits per heavy atom. The average molecular weight is 271 g/mol. The van der Waals surface area contributed by atoms with Crippen LogP contribution in [-0.4, -0.2) is 30.4 Å². The van der Waals surface area contributed by atoms with E-state index in [1.807, 2.05) is 33.8 Å². The first kappa shape index (κ1) is 15.1. The lowest BCUT2D eigenvalue weighted by molar-refractivity contribution is -0.145. The molecule has 4 nitrogen and oxygen atoms in total. The fourth-order valence-corrected chi connectivity index (χ4v) is 2.51. The summed E-state index contributed by atoms with van der Waals surface area (Å²) in [6.07, 6.45) is 1.66. The van der Waals surface area contributed by atoms with Crippen molar-refractivity contribution in [2.75, 3.05) is 12.4 Å². The maximum atomic E-state index is 11.8. The van der Waals surface area contributed by atoms with Crippen molar-refractivity contribution in [1.29, 1.82) is 0 Å². The van der Waals surface area contributed by atoms with Gasteiger partial charge >= 0.3 is 5.97 Å². The molecule has 0 radical (unpaired) electrons. The monoisotopic (exact) mass is 271 g/mol. The van der Waals surface area contributed by atoms with Crippen LogP contribution in [0.2, 0.25) is 0 Å². The Labute approximate surface area is 112 Å². The minimum absolute atomic E-state index is 0.195. The Hall–Kier alpha value is -0.940. The maximum Gasteiger partial charge on any atom is 0.324 e. The van der Waals surface area contributed by atoms with E-state index in [4.69, 9.17) is 9.15 Å². The molecule has 0 aliphatic heterocycles. The zero-order valence-electron chi connectivity index (χ0n) is 11.4. The van der Waals surface area contributed by atoms with Crippen molar-refractivity contribution in [1.82, 2.24) is 5.32 Å². The number of rotatable bonds is 7. The van der Waals surface area contributed by atoms with Crippen LogP contribution in [0.5, 0.6) is 0 Å². The molecule has 1 atom stereocenters. The number of furan rings is 1. The molecular weight excluding hydrogens is 250 g/mol. The lowest BCUT2D eigenvalue weighted by Gasteiger charge is -2.19. The molecule has 0 spiro atoms. The van der Waals surface area contributed by atoms with Gasteiger partial charge in [-0.15, -0.1) is 11.8 Å². The lowest BCUT2D eigenvalue weighted by atomic mass is 10.3. The molecule has 0 saturated carbocycles. The number of hydrogen-bond donors (Lipinski definition) is 1. The van der Waals surface area contributed by atoms with E-state index in [0.29, 0.717) is 12.4 Å². The van der Waals surface area contributed by atoms with Crippen molar-refractivity contribution in [3.63, 3.8) is 0 Å². The molecule has 1 heterocycles. The molecule has 18 heavy (non-hydrogen) atoms. The SMILES string of the molecule is CCOC(=O)C(CSc1ccoc1C)NC(C)C. The zero-order valence-corrected chi connectivity index (χ0v) is 12.2. The van der Waals surface area contributed by atoms with Crippen molar-refractivity contribution in [2.24, 2.45) is 0 Å². The van der Waals surface area contributed by atoms with Crippen LogP contribution in [0.25, 0.3) is 0 Å². The summed E-state index contributed by atoms with van der Waals surface area (Å²) < 4.78 is 10.3. The first-order valence-electron chi connectivity index (χ1n) is 6.14. The summed E-state index contributed by atoms with van der Waals surface area (Å²) in [6.45, 7) is 8.17. The van der Waals surface area contributed by atoms with Gasteiger partial charge in [-0.1, -0.05) is 13.8 Å². The quantitative estimate of drug-likeness (QED) is 0.610. The van der Waals surface area contributed by atoms with Crippen molar-refractivity contribution in [2.45, 2.75) is 44.7 Å². The molecule has 1 N–H and O–H groups in total. The highest BCUT2D eigenvalue weighted by Crippen LogP contribution is 2.23. The largest absolute Gasteiger partial charge is 0.468 e. The van der Waals surface area contributed by atoms with E-state index >= 15 is 0 Å². The predicted octanol–water partition coefficient (Wildman–Crippen LogP) is 2.61. The van der Waals surface area contributed by atoms with Gasteiger partial charge < -0.3 is 14.5 Å². The van der Waals surface area contributed by atoms with Gasteiger partial charge in [0.25, 0.3) is 0 Å². The summed E-state index contributed by atoms with van der Waals surface area (Å²) in [5.41, 5.74) is 0. The Kier molecular flexibility index (Phi) is 6.29. The van der Waals surface area contributed by atoms with Crippen LogP contribution in [0.3, 0.4) is 0 Å². The highest BCUT2D eigenvalue weighted by molar-refractivity contribution is 7.99. The molecule has 0 aliphatic rings. The van der Waals surface area contributed by atoms with Crippen LogP contribution in [0, 0.1) is 6.92 Å². The van der Waals surface area contributed by atoms with Gasteiger partial charge in [-0.2, -0.15) is 0 Å². The predicted molar refractivity (Wildman–Crippen MR) is 72.9 cm³/mol. The van der Waals surface area contributed by atoms with Crippen LogP contribution in [-0.2, 0) is 9.53 Å². The number of carbonyl (C=O) groups excluding carboxylic acids is 1. The highest BCUT2D eigenvalue weighted by Gasteiger charge is 2.21. The van der Waals surface area contributed by atoms with Gasteiger partial charge in [0.15, 0.2) is 0 Å². The number of esters is 1. The summed E-state index contributed by atoms with van der Waals surface area (Å²) in [7, 11) is 0. The average Bonchev–Trinajstić information content (AvgIpc) is 2.70. The zero-order chi connectivity index (χ0) is 13.5. The first-order chi connectivity index (χ1) is 8.54. The van der Waals surface area contributed by atoms with E-state index in [9.17, 15) is 4.79 Å². The normalized spacial score (nSPS) is 12.7. The van der Waals surface area contributed by atoms with E-state index in [0.717, 1.165) is 10.7 Å². The van der Waals surface area contributed by atoms with Gasteiger partial charge in [0.05, 0.1) is 12.9 Å². The molecule has 1 aromatic rings. The third-order valence-electron chi connectivity index (χ3n) is 2.32. The fraction of sp³-hybridized carbons (Fsp3) is 0.615. The minimum atomic E-state index is -0.288. The number of thioether (sulfide) groups is 1. The molecular formula is C13H21NO3S. The van der Waals surface area contributed by atoms with Crippen LogP contribution < -0.4 is 5.32 Å². The number of carbonyl (C=O) groups is 1. The molecule has 0 aliphatic carbocycles. The van der Waals surface area contributed by atoms with Crippen LogP contribution in [0.1, 0.15) is 26.5 Å². The van der Waals surface area contributed by atoms with Gasteiger partial charge in [0.1, 0.15) is 11.8 Å². The molecule has 0 fully saturated rings. The molecule has 0 saturated heterocycles. The second-order valence-corrected chi connectivity index (χ2v) is 5.34. The summed E-state index contributed by atoms with van der Waals surface area (Å²) in [6, 6.07) is 1.87. The number of ether oxygens (including phenoxy) is 1. The molecule has 1 unspecified atom stereocenters. The third kappa shape index (κ3) is 4.74. The fourth-order valence-electron chi connectivity index (χ4n) is 1.53. The standard InChI is InChI=1S/C13H21NO3S/c1-5-16-13(15)11(14-9(2)3)8-18-12-6-7-17-10(12)4/h6-7,9,11,14H,5,8H2,1-4H3. The Morgan fingerprint density at radius 2 is 2.28 bits per heavy atom. The molecule has 1 aromatic heterocycles. The minimum Gasteiger partial charge on any atom is -0.468 e. The van der Waals surface area contributed by atoms with E-state index in [2.05, 4.69) is 5.32 Å². The lowest BCUT2D eigenvalue weighted by Crippen LogP contribution is -2.43. The summed E-state index contributed by atoms with van der Waals surface area (Å²) >= 11 is 1.60. The van der Waals surface area contributed by atoms with Crippen LogP contribution >= 0.6 is 11.8 Å². The number of aryl methyl sites for hydroxylation is 1. The van der Waals surface area contributed by atoms with Crippen LogP contribution in [0.15, 0.2) is 21.6 Å². The first-order valence-corrected chi connectivity index (χ1v) is 7.12. The van der Waals surface area contributed by atoms with Crippen molar-refractivity contribution in [3.8, 4) is 0 Å². The Balaban J connectivity index is 2.55. The molecule has 102 valence electrons. The second-order valence-electron chi connectivity index (χ2n) is 4.28. The van der Waals surface area contributed by atoms with Crippen molar-refractivity contribution < 1.29 is 13.9 Å². The highest BCUT2D eigenvalue weighted by atomic mass is 32.2. The van der Waals surface area contributed by atoms with E-state index < -0.39 is 0 Å². The molecule has 1 rings (SSSR count). The number of hydrogen-bond acceptors (Lipinski definition) is 5. The van der Waals surface area contributed by atoms with E-state index in [1.54, 1.807) is 18.0 Å². The Morgan fingerprint density at radius 3 is 2.78 bits per heavy atom. The smallest absolute Gasteiger partial charge is 0.324 e. The Bertz CT molecular complexity index is 376. The van der Waals surface area contributed by atoms with Gasteiger partial charge in [-0.25, -0.2) is 0 Å². The van der Waals surface area contributed by atoms with Gasteiger partial charge in [-0.05, 0) is 19.9 Å². The van der Waals surface area contributed by atoms with Crippen LogP contribution in [0.4, 0.5) is 0 Å². The van der Waals surface area contributed by atoms with Gasteiger partial charge in [0.2, 0.25) is 0 Å². The second kappa shape index (κ2) is 7.48. The van der Waals surface area contributed by atoms with E-state index in [-0.39, 0.29) is 18.1 Å². The van der Waals surface area contributed by atoms with Crippen molar-refractivity contribution >= 4 is 17.7 Å². The third-order valence-corrected chi connectivity index (χ3v) is 3.56. The summed E-state index contributed by atoms with van der Waals surface area (Å²) in [4.78, 5) is 12.9. The summed E-state index contributed by atoms with van der Waals surface area (Å²) in [5, 5.41) is 3.22.